The average Bonchev–Trinajstić information content (AvgIpc) is 2.64. The van der Waals surface area contributed by atoms with Gasteiger partial charge < -0.3 is 15.4 Å². The van der Waals surface area contributed by atoms with Crippen LogP contribution in [0.4, 0.5) is 21.8 Å². The number of aromatic nitrogens is 3. The van der Waals surface area contributed by atoms with Crippen molar-refractivity contribution >= 4 is 29.1 Å². The van der Waals surface area contributed by atoms with Crippen molar-refractivity contribution in [3.8, 4) is 5.75 Å². The summed E-state index contributed by atoms with van der Waals surface area (Å²) in [6.07, 6.45) is 1.52. The van der Waals surface area contributed by atoms with Crippen LogP contribution in [-0.2, 0) is 6.54 Å². The zero-order valence-electron chi connectivity index (χ0n) is 13.3. The number of methoxy groups -OCH3 is 1. The Morgan fingerprint density at radius 1 is 1.16 bits per heavy atom. The maximum atomic E-state index is 13.2. The molecule has 0 saturated carbocycles. The normalized spacial score (nSPS) is 10.4. The van der Waals surface area contributed by atoms with E-state index in [1.54, 1.807) is 13.2 Å². The van der Waals surface area contributed by atoms with Gasteiger partial charge in [-0.05, 0) is 35.9 Å². The monoisotopic (exact) mass is 359 g/mol. The van der Waals surface area contributed by atoms with Gasteiger partial charge in [0.15, 0.2) is 5.82 Å². The standard InChI is InChI=1S/C17H15ClFN5O/c1-25-13-5-2-11(3-6-13)9-20-16-10-21-24-17(23-16)22-12-4-7-15(19)14(18)8-12/h2-8,10H,9H2,1H3,(H2,20,22,23,24). The van der Waals surface area contributed by atoms with Crippen LogP contribution in [0, 0.1) is 5.82 Å². The number of ether oxygens (including phenoxy) is 1. The SMILES string of the molecule is COc1ccc(CNc2cnnc(Nc3ccc(F)c(Cl)c3)n2)cc1. The molecule has 3 aromatic rings. The zero-order valence-corrected chi connectivity index (χ0v) is 14.1. The molecule has 8 heteroatoms. The summed E-state index contributed by atoms with van der Waals surface area (Å²) in [5, 5.41) is 13.9. The number of hydrogen-bond donors (Lipinski definition) is 2. The van der Waals surface area contributed by atoms with Crippen LogP contribution in [0.5, 0.6) is 5.75 Å². The molecule has 0 bridgehead atoms. The van der Waals surface area contributed by atoms with Crippen LogP contribution < -0.4 is 15.4 Å². The highest BCUT2D eigenvalue weighted by molar-refractivity contribution is 6.31. The van der Waals surface area contributed by atoms with E-state index in [1.807, 2.05) is 24.3 Å². The van der Waals surface area contributed by atoms with Crippen LogP contribution in [0.25, 0.3) is 0 Å². The molecule has 2 N–H and O–H groups in total. The summed E-state index contributed by atoms with van der Waals surface area (Å²) in [5.74, 6) is 1.15. The van der Waals surface area contributed by atoms with Crippen LogP contribution in [0.15, 0.2) is 48.7 Å². The lowest BCUT2D eigenvalue weighted by molar-refractivity contribution is 0.414. The third-order valence-corrected chi connectivity index (χ3v) is 3.66. The number of nitrogens with zero attached hydrogens (tertiary/aromatic N) is 3. The van der Waals surface area contributed by atoms with E-state index in [1.165, 1.54) is 18.3 Å². The van der Waals surface area contributed by atoms with Gasteiger partial charge in [0.25, 0.3) is 0 Å². The van der Waals surface area contributed by atoms with Crippen LogP contribution in [-0.4, -0.2) is 22.3 Å². The lowest BCUT2D eigenvalue weighted by Crippen LogP contribution is -2.05. The smallest absolute Gasteiger partial charge is 0.249 e. The van der Waals surface area contributed by atoms with Gasteiger partial charge in [-0.3, -0.25) is 0 Å². The van der Waals surface area contributed by atoms with Crippen molar-refractivity contribution in [2.24, 2.45) is 0 Å². The van der Waals surface area contributed by atoms with Gasteiger partial charge in [-0.15, -0.1) is 5.10 Å². The van der Waals surface area contributed by atoms with Crippen molar-refractivity contribution < 1.29 is 9.13 Å². The molecule has 0 aliphatic rings. The highest BCUT2D eigenvalue weighted by Gasteiger charge is 2.05. The third-order valence-electron chi connectivity index (χ3n) is 3.37. The predicted octanol–water partition coefficient (Wildman–Crippen LogP) is 4.03. The van der Waals surface area contributed by atoms with Gasteiger partial charge in [0.1, 0.15) is 11.6 Å². The van der Waals surface area contributed by atoms with Crippen LogP contribution in [0.1, 0.15) is 5.56 Å². The molecule has 0 aliphatic carbocycles. The Labute approximate surface area is 149 Å². The summed E-state index contributed by atoms with van der Waals surface area (Å²) in [6, 6.07) is 12.0. The minimum absolute atomic E-state index is 0.0201. The van der Waals surface area contributed by atoms with Crippen molar-refractivity contribution in [2.75, 3.05) is 17.7 Å². The molecule has 0 spiro atoms. The van der Waals surface area contributed by atoms with Crippen LogP contribution in [0.2, 0.25) is 5.02 Å². The maximum Gasteiger partial charge on any atom is 0.249 e. The first kappa shape index (κ1) is 16.9. The first-order chi connectivity index (χ1) is 12.1. The van der Waals surface area contributed by atoms with Gasteiger partial charge in [0, 0.05) is 12.2 Å². The maximum absolute atomic E-state index is 13.2. The van der Waals surface area contributed by atoms with Crippen LogP contribution in [0.3, 0.4) is 0 Å². The quantitative estimate of drug-likeness (QED) is 0.692. The molecule has 0 saturated heterocycles. The summed E-state index contributed by atoms with van der Waals surface area (Å²) in [5.41, 5.74) is 1.64. The second-order valence-corrected chi connectivity index (χ2v) is 5.53. The number of benzene rings is 2. The van der Waals surface area contributed by atoms with Gasteiger partial charge in [-0.25, -0.2) is 4.39 Å². The number of anilines is 3. The summed E-state index contributed by atoms with van der Waals surface area (Å²) < 4.78 is 18.3. The number of rotatable bonds is 6. The van der Waals surface area contributed by atoms with E-state index in [-0.39, 0.29) is 11.0 Å². The van der Waals surface area contributed by atoms with E-state index in [0.717, 1.165) is 11.3 Å². The largest absolute Gasteiger partial charge is 0.497 e. The molecule has 1 aromatic heterocycles. The van der Waals surface area contributed by atoms with Gasteiger partial charge in [0.2, 0.25) is 5.95 Å². The fourth-order valence-corrected chi connectivity index (χ4v) is 2.26. The molecule has 0 unspecified atom stereocenters. The first-order valence-corrected chi connectivity index (χ1v) is 7.80. The van der Waals surface area contributed by atoms with Crippen molar-refractivity contribution in [2.45, 2.75) is 6.54 Å². The van der Waals surface area contributed by atoms with Crippen molar-refractivity contribution in [1.82, 2.24) is 15.2 Å². The van der Waals surface area contributed by atoms with Gasteiger partial charge >= 0.3 is 0 Å². The minimum Gasteiger partial charge on any atom is -0.497 e. The van der Waals surface area contributed by atoms with Gasteiger partial charge in [-0.1, -0.05) is 23.7 Å². The molecule has 1 heterocycles. The van der Waals surface area contributed by atoms with E-state index >= 15 is 0 Å². The van der Waals surface area contributed by atoms with Gasteiger partial charge in [-0.2, -0.15) is 10.1 Å². The van der Waals surface area contributed by atoms with Gasteiger partial charge in [0.05, 0.1) is 18.3 Å². The Morgan fingerprint density at radius 3 is 2.68 bits per heavy atom. The lowest BCUT2D eigenvalue weighted by Gasteiger charge is -2.08. The first-order valence-electron chi connectivity index (χ1n) is 7.42. The number of hydrogen-bond acceptors (Lipinski definition) is 6. The Balaban J connectivity index is 1.65. The zero-order chi connectivity index (χ0) is 17.6. The molecule has 25 heavy (non-hydrogen) atoms. The van der Waals surface area contributed by atoms with E-state index < -0.39 is 5.82 Å². The molecule has 128 valence electrons. The Hall–Kier alpha value is -2.93. The van der Waals surface area contributed by atoms with Crippen molar-refractivity contribution in [3.05, 3.63) is 65.1 Å². The molecule has 0 radical (unpaired) electrons. The average molecular weight is 360 g/mol. The summed E-state index contributed by atoms with van der Waals surface area (Å²) in [6.45, 7) is 0.574. The third kappa shape index (κ3) is 4.54. The van der Waals surface area contributed by atoms with Crippen LogP contribution >= 0.6 is 11.6 Å². The fraction of sp³-hybridized carbons (Fsp3) is 0.118. The number of nitrogens with one attached hydrogen (secondary N) is 2. The summed E-state index contributed by atoms with van der Waals surface area (Å²) >= 11 is 5.76. The second-order valence-electron chi connectivity index (χ2n) is 5.12. The van der Waals surface area contributed by atoms with E-state index in [0.29, 0.717) is 18.1 Å². The number of halogens is 2. The Kier molecular flexibility index (Phi) is 5.25. The molecule has 0 fully saturated rings. The minimum atomic E-state index is -0.485. The molecular weight excluding hydrogens is 345 g/mol. The molecule has 0 atom stereocenters. The van der Waals surface area contributed by atoms with E-state index in [2.05, 4.69) is 25.8 Å². The molecule has 2 aromatic carbocycles. The lowest BCUT2D eigenvalue weighted by atomic mass is 10.2. The molecule has 3 rings (SSSR count). The fourth-order valence-electron chi connectivity index (χ4n) is 2.08. The van der Waals surface area contributed by atoms with E-state index in [9.17, 15) is 4.39 Å². The van der Waals surface area contributed by atoms with Crippen molar-refractivity contribution in [1.29, 1.82) is 0 Å². The summed E-state index contributed by atoms with van der Waals surface area (Å²) in [7, 11) is 1.63. The summed E-state index contributed by atoms with van der Waals surface area (Å²) in [4.78, 5) is 4.31. The van der Waals surface area contributed by atoms with E-state index in [4.69, 9.17) is 16.3 Å². The second kappa shape index (κ2) is 7.76. The molecule has 0 aliphatic heterocycles. The topological polar surface area (TPSA) is 72.0 Å². The Bertz CT molecular complexity index is 860. The highest BCUT2D eigenvalue weighted by Crippen LogP contribution is 2.21. The highest BCUT2D eigenvalue weighted by atomic mass is 35.5. The molecule has 6 nitrogen and oxygen atoms in total. The predicted molar refractivity (Wildman–Crippen MR) is 94.8 cm³/mol. The molecular formula is C17H15ClFN5O. The Morgan fingerprint density at radius 2 is 1.96 bits per heavy atom. The molecule has 0 amide bonds. The van der Waals surface area contributed by atoms with Crippen molar-refractivity contribution in [3.63, 3.8) is 0 Å².